The summed E-state index contributed by atoms with van der Waals surface area (Å²) in [4.78, 5) is 55.7. The van der Waals surface area contributed by atoms with Crippen molar-refractivity contribution < 1.29 is 24.5 Å². The molecule has 8 bridgehead atoms. The Morgan fingerprint density at radius 3 is 1.63 bits per heavy atom. The van der Waals surface area contributed by atoms with Crippen molar-refractivity contribution in [2.45, 2.75) is 215 Å². The van der Waals surface area contributed by atoms with E-state index in [9.17, 15) is 19.8 Å². The quantitative estimate of drug-likeness (QED) is 0.0438. The Kier molecular flexibility index (Phi) is 18.2. The van der Waals surface area contributed by atoms with Gasteiger partial charge in [-0.3, -0.25) is 9.36 Å². The maximum atomic E-state index is 13.3. The number of carbonyl (C=O) groups is 2. The molecule has 4 aliphatic heterocycles. The minimum Gasteiger partial charge on any atom is -0.476 e. The predicted molar refractivity (Wildman–Crippen MR) is 451 cm³/mol. The zero-order valence-corrected chi connectivity index (χ0v) is 69.6. The second-order valence-electron chi connectivity index (χ2n) is 39.1. The molecule has 22 rings (SSSR count). The summed E-state index contributed by atoms with van der Waals surface area (Å²) < 4.78 is 13.7. The first-order valence-corrected chi connectivity index (χ1v) is 44.1. The van der Waals surface area contributed by atoms with Crippen molar-refractivity contribution in [1.82, 2.24) is 69.7 Å². The molecule has 2 saturated heterocycles. The van der Waals surface area contributed by atoms with Gasteiger partial charge >= 0.3 is 11.9 Å². The second-order valence-corrected chi connectivity index (χ2v) is 41.1. The summed E-state index contributed by atoms with van der Waals surface area (Å²) in [7, 11) is 0. The highest BCUT2D eigenvalue weighted by molar-refractivity contribution is 7.22. The number of nitrogens with one attached hydrogen (secondary N) is 2. The van der Waals surface area contributed by atoms with Crippen LogP contribution in [0.1, 0.15) is 210 Å². The lowest BCUT2D eigenvalue weighted by Gasteiger charge is -2.70. The van der Waals surface area contributed by atoms with Gasteiger partial charge in [-0.15, -0.1) is 20.4 Å². The van der Waals surface area contributed by atoms with E-state index in [4.69, 9.17) is 50.2 Å². The number of para-hydroxylation sites is 1. The monoisotopic (exact) mass is 1580 g/mol. The third kappa shape index (κ3) is 13.8. The topological polar surface area (TPSA) is 260 Å². The number of ether oxygens (including phenoxy) is 1. The lowest BCUT2D eigenvalue weighted by Crippen LogP contribution is -2.64. The summed E-state index contributed by atoms with van der Waals surface area (Å²) in [5.41, 5.74) is 13.4. The summed E-state index contributed by atoms with van der Waals surface area (Å²) in [6.45, 7) is 29.0. The van der Waals surface area contributed by atoms with Gasteiger partial charge in [0, 0.05) is 95.2 Å². The van der Waals surface area contributed by atoms with Crippen LogP contribution < -0.4 is 20.4 Å². The predicted octanol–water partition coefficient (Wildman–Crippen LogP) is 18.2. The van der Waals surface area contributed by atoms with Crippen LogP contribution in [0.25, 0.3) is 42.7 Å². The number of hydrogen-bond acceptors (Lipinski definition) is 21. The van der Waals surface area contributed by atoms with Crippen molar-refractivity contribution in [2.24, 2.45) is 43.8 Å². The van der Waals surface area contributed by atoms with Crippen LogP contribution >= 0.6 is 22.7 Å². The van der Waals surface area contributed by atoms with Gasteiger partial charge in [0.1, 0.15) is 11.6 Å². The van der Waals surface area contributed by atoms with E-state index in [2.05, 4.69) is 115 Å². The van der Waals surface area contributed by atoms with Gasteiger partial charge in [-0.05, 0) is 293 Å². The largest absolute Gasteiger partial charge is 0.476 e. The number of aromatic carboxylic acids is 2. The summed E-state index contributed by atoms with van der Waals surface area (Å²) in [5.74, 6) is 2.26. The van der Waals surface area contributed by atoms with E-state index in [1.54, 1.807) is 22.7 Å². The lowest BCUT2D eigenvalue weighted by atomic mass is 9.35. The minimum atomic E-state index is -1.08. The van der Waals surface area contributed by atoms with Crippen LogP contribution in [0.3, 0.4) is 0 Å². The molecule has 8 aliphatic carbocycles. The van der Waals surface area contributed by atoms with Crippen molar-refractivity contribution in [2.75, 3.05) is 79.4 Å². The molecule has 8 saturated carbocycles. The molecule has 25 heteroatoms. The number of anilines is 8. The normalized spacial score (nSPS) is 28.7. The SMILES string of the molecule is Cc1c(Nc2nc3ccccc3s2)nnc2c1CCCN2c1ccc(-c2cnn(CC34CC5(CCCN6CCC(Cc7ccc8sc(Nc9nnc%10c(c9C)CCCN%10c9ccc(-c%10cnn(CC%11%12CC%13(OCCN%14CCCC%14)C[C@](C)(C%11)C[C@](C)(C%12)C%13)c%10C)c(C(=O)O)n9)nc8c7)C6)C[C@@](C)(C3)C[C@](C)(C5)C4)c2C)c(C(=O)O)n1. The van der Waals surface area contributed by atoms with Gasteiger partial charge in [-0.1, -0.05) is 68.6 Å². The minimum absolute atomic E-state index is 0.00544. The molecule has 0 radical (unpaired) electrons. The smallest absolute Gasteiger partial charge is 0.355 e. The van der Waals surface area contributed by atoms with Crippen molar-refractivity contribution in [1.29, 1.82) is 0 Å². The zero-order valence-electron chi connectivity index (χ0n) is 68.0. The van der Waals surface area contributed by atoms with Gasteiger partial charge in [0.05, 0.1) is 45.0 Å². The number of likely N-dealkylation sites (tertiary alicyclic amines) is 2. The number of pyridine rings is 2. The number of aromatic nitrogens is 12. The van der Waals surface area contributed by atoms with Crippen molar-refractivity contribution in [3.63, 3.8) is 0 Å². The highest BCUT2D eigenvalue weighted by atomic mass is 32.1. The summed E-state index contributed by atoms with van der Waals surface area (Å²) in [6.07, 6.45) is 28.7. The molecule has 115 heavy (non-hydrogen) atoms. The van der Waals surface area contributed by atoms with E-state index in [1.807, 2.05) is 64.7 Å². The number of nitrogens with zero attached hydrogens (tertiary/aromatic N) is 16. The Labute approximate surface area is 680 Å². The van der Waals surface area contributed by atoms with E-state index in [-0.39, 0.29) is 49.5 Å². The highest BCUT2D eigenvalue weighted by Gasteiger charge is 2.67. The second kappa shape index (κ2) is 27.9. The Balaban J connectivity index is 0.459. The molecule has 10 aromatic rings. The molecular formula is C90H108N18O5S2. The molecule has 23 nitrogen and oxygen atoms in total. The lowest BCUT2D eigenvalue weighted by molar-refractivity contribution is -0.248. The molecule has 0 spiro atoms. The van der Waals surface area contributed by atoms with Crippen LogP contribution in [-0.4, -0.2) is 156 Å². The third-order valence-corrected chi connectivity index (χ3v) is 30.9. The van der Waals surface area contributed by atoms with Crippen LogP contribution in [0, 0.1) is 71.5 Å². The van der Waals surface area contributed by atoms with E-state index < -0.39 is 11.9 Å². The summed E-state index contributed by atoms with van der Waals surface area (Å²) in [5, 5.41) is 59.4. The Hall–Kier alpha value is -8.88. The van der Waals surface area contributed by atoms with E-state index in [0.29, 0.717) is 70.5 Å². The van der Waals surface area contributed by atoms with Crippen LogP contribution in [0.5, 0.6) is 0 Å². The average molecular weight is 1590 g/mol. The molecule has 8 aromatic heterocycles. The van der Waals surface area contributed by atoms with Gasteiger partial charge in [-0.25, -0.2) is 29.5 Å². The Bertz CT molecular complexity index is 5470. The Morgan fingerprint density at radius 2 is 1.06 bits per heavy atom. The molecule has 600 valence electrons. The molecule has 12 heterocycles. The van der Waals surface area contributed by atoms with Crippen molar-refractivity contribution in [3.8, 4) is 22.3 Å². The summed E-state index contributed by atoms with van der Waals surface area (Å²) >= 11 is 3.21. The fourth-order valence-corrected chi connectivity index (χ4v) is 28.6. The molecule has 5 unspecified atom stereocenters. The first-order chi connectivity index (χ1) is 55.3. The fourth-order valence-electron chi connectivity index (χ4n) is 26.9. The number of carboxylic acids is 2. The summed E-state index contributed by atoms with van der Waals surface area (Å²) in [6, 6.07) is 22.6. The maximum absolute atomic E-state index is 13.3. The van der Waals surface area contributed by atoms with Crippen molar-refractivity contribution in [3.05, 3.63) is 130 Å². The zero-order chi connectivity index (χ0) is 78.8. The van der Waals surface area contributed by atoms with Gasteiger partial charge in [-0.2, -0.15) is 10.2 Å². The van der Waals surface area contributed by atoms with E-state index >= 15 is 0 Å². The molecule has 4 N–H and O–H groups in total. The van der Waals surface area contributed by atoms with Crippen molar-refractivity contribution >= 4 is 100 Å². The third-order valence-electron chi connectivity index (χ3n) is 29.0. The van der Waals surface area contributed by atoms with Gasteiger partial charge in [0.15, 0.2) is 44.9 Å². The first-order valence-electron chi connectivity index (χ1n) is 42.5. The number of thiazole rings is 2. The highest BCUT2D eigenvalue weighted by Crippen LogP contribution is 2.76. The first kappa shape index (κ1) is 74.9. The molecular weight excluding hydrogens is 1480 g/mol. The van der Waals surface area contributed by atoms with Gasteiger partial charge in [0.25, 0.3) is 0 Å². The molecule has 9 atom stereocenters. The van der Waals surface area contributed by atoms with Gasteiger partial charge in [0.2, 0.25) is 0 Å². The number of fused-ring (bicyclic) bond motifs is 4. The molecule has 10 fully saturated rings. The standard InChI is InChI=1S/C90H108N18O5S2/c1-55-61-16-13-31-105(77(61)101-99-75(55)97-81-93-67-18-9-10-19-69(67)114-81)71-24-21-63(73(95-71)79(109)110)65-38-91-107(57(65)3)53-88-45-83(5)41-84(6,46-88)44-87(43-83,51-88)27-15-30-104-33-26-60(40-104)36-59-20-23-70-68(37-59)94-82(115-70)98-76-56(2)62-17-14-32-106(78(62)102-100-76)72-25-22-64(74(96-72)80(111)112)66-39-92-108(58(66)4)54-89-47-85(7)42-86(8,48-89)50-90(49-85,52-89)113-35-34-103-28-11-12-29-103/h9-10,18-25,37-39,60H,11-17,26-36,40-54H2,1-8H3,(H,109,110)(H,111,112)(H,93,97,99)(H,94,98,100)/t60?,83-,84+,85-,86+,87?,88?,89?,90?. The molecule has 12 aliphatic rings. The van der Waals surface area contributed by atoms with Gasteiger partial charge < -0.3 is 45.2 Å². The van der Waals surface area contributed by atoms with E-state index in [0.717, 1.165) is 186 Å². The van der Waals surface area contributed by atoms with Crippen LogP contribution in [0.15, 0.2) is 79.1 Å². The van der Waals surface area contributed by atoms with E-state index in [1.165, 1.54) is 95.7 Å². The molecule has 0 amide bonds. The fraction of sp³-hybridized carbons (Fsp3) is 0.556. The Morgan fingerprint density at radius 1 is 0.530 bits per heavy atom. The molecule has 2 aromatic carbocycles. The van der Waals surface area contributed by atoms with Crippen LogP contribution in [-0.2, 0) is 37.1 Å². The van der Waals surface area contributed by atoms with Crippen LogP contribution in [0.4, 0.5) is 45.2 Å². The average Bonchev–Trinajstić information content (AvgIpc) is 1.54. The number of carboxylic acid groups (broad SMARTS) is 2. The number of rotatable bonds is 24. The number of hydrogen-bond donors (Lipinski definition) is 4. The van der Waals surface area contributed by atoms with Crippen LogP contribution in [0.2, 0.25) is 0 Å². The number of benzene rings is 2. The maximum Gasteiger partial charge on any atom is 0.355 e.